The van der Waals surface area contributed by atoms with Gasteiger partial charge in [0.25, 0.3) is 5.91 Å². The van der Waals surface area contributed by atoms with Crippen LogP contribution >= 0.6 is 11.3 Å². The van der Waals surface area contributed by atoms with Gasteiger partial charge in [0.1, 0.15) is 0 Å². The highest BCUT2D eigenvalue weighted by Gasteiger charge is 2.11. The number of benzene rings is 1. The van der Waals surface area contributed by atoms with Gasteiger partial charge < -0.3 is 10.4 Å². The fraction of sp³-hybridized carbons (Fsp3) is 0.312. The van der Waals surface area contributed by atoms with Crippen LogP contribution in [0.1, 0.15) is 38.9 Å². The van der Waals surface area contributed by atoms with Crippen LogP contribution in [-0.4, -0.2) is 17.6 Å². The Balaban J connectivity index is 1.88. The first kappa shape index (κ1) is 14.8. The summed E-state index contributed by atoms with van der Waals surface area (Å²) in [7, 11) is 0. The molecular formula is C16H19NO2S. The summed E-state index contributed by atoms with van der Waals surface area (Å²) < 4.78 is 0. The molecule has 2 aromatic rings. The molecule has 1 heterocycles. The van der Waals surface area contributed by atoms with E-state index in [-0.39, 0.29) is 5.91 Å². The zero-order valence-electron chi connectivity index (χ0n) is 11.7. The Kier molecular flexibility index (Phi) is 4.93. The van der Waals surface area contributed by atoms with E-state index < -0.39 is 6.10 Å². The molecule has 106 valence electrons. The summed E-state index contributed by atoms with van der Waals surface area (Å²) >= 11 is 1.53. The number of aliphatic hydroxyl groups is 1. The summed E-state index contributed by atoms with van der Waals surface area (Å²) in [5.74, 6) is -0.0791. The number of nitrogens with one attached hydrogen (secondary N) is 1. The molecule has 4 heteroatoms. The molecule has 3 nitrogen and oxygen atoms in total. The van der Waals surface area contributed by atoms with Crippen LogP contribution in [0.5, 0.6) is 0 Å². The second-order valence-electron chi connectivity index (χ2n) is 4.89. The van der Waals surface area contributed by atoms with Gasteiger partial charge in [0, 0.05) is 17.0 Å². The third-order valence-electron chi connectivity index (χ3n) is 3.21. The van der Waals surface area contributed by atoms with Crippen molar-refractivity contribution in [2.24, 2.45) is 0 Å². The lowest BCUT2D eigenvalue weighted by molar-refractivity contribution is 0.0942. The van der Waals surface area contributed by atoms with Gasteiger partial charge in [-0.15, -0.1) is 11.3 Å². The molecule has 0 radical (unpaired) electrons. The van der Waals surface area contributed by atoms with Gasteiger partial charge in [-0.25, -0.2) is 0 Å². The molecule has 2 rings (SSSR count). The Hall–Kier alpha value is -1.65. The maximum absolute atomic E-state index is 12.1. The molecule has 0 saturated heterocycles. The topological polar surface area (TPSA) is 49.3 Å². The molecular weight excluding hydrogens is 270 g/mol. The highest BCUT2D eigenvalue weighted by atomic mass is 32.1. The first-order valence-corrected chi connectivity index (χ1v) is 7.53. The summed E-state index contributed by atoms with van der Waals surface area (Å²) in [4.78, 5) is 13.0. The Morgan fingerprint density at radius 2 is 2.15 bits per heavy atom. The molecule has 20 heavy (non-hydrogen) atoms. The van der Waals surface area contributed by atoms with E-state index in [2.05, 4.69) is 5.32 Å². The van der Waals surface area contributed by atoms with Gasteiger partial charge in [0.2, 0.25) is 0 Å². The normalized spacial score (nSPS) is 12.2. The van der Waals surface area contributed by atoms with Gasteiger partial charge in [-0.2, -0.15) is 0 Å². The highest BCUT2D eigenvalue weighted by molar-refractivity contribution is 7.10. The van der Waals surface area contributed by atoms with Gasteiger partial charge in [0.05, 0.1) is 6.10 Å². The lowest BCUT2D eigenvalue weighted by atomic mass is 10.1. The van der Waals surface area contributed by atoms with Crippen LogP contribution < -0.4 is 5.32 Å². The average molecular weight is 289 g/mol. The zero-order chi connectivity index (χ0) is 14.5. The van der Waals surface area contributed by atoms with E-state index in [4.69, 9.17) is 0 Å². The number of hydrogen-bond donors (Lipinski definition) is 2. The predicted molar refractivity (Wildman–Crippen MR) is 82.1 cm³/mol. The predicted octanol–water partition coefficient (Wildman–Crippen LogP) is 3.22. The van der Waals surface area contributed by atoms with E-state index in [0.29, 0.717) is 18.5 Å². The molecule has 0 aliphatic carbocycles. The van der Waals surface area contributed by atoms with Crippen LogP contribution in [-0.2, 0) is 0 Å². The van der Waals surface area contributed by atoms with Crippen molar-refractivity contribution in [3.63, 3.8) is 0 Å². The number of rotatable bonds is 5. The van der Waals surface area contributed by atoms with Gasteiger partial charge in [-0.1, -0.05) is 23.8 Å². The molecule has 1 aromatic heterocycles. The van der Waals surface area contributed by atoms with E-state index in [9.17, 15) is 9.90 Å². The van der Waals surface area contributed by atoms with E-state index in [1.165, 1.54) is 11.3 Å². The summed E-state index contributed by atoms with van der Waals surface area (Å²) in [6, 6.07) is 9.65. The van der Waals surface area contributed by atoms with Crippen molar-refractivity contribution in [2.75, 3.05) is 6.54 Å². The minimum atomic E-state index is -0.506. The summed E-state index contributed by atoms with van der Waals surface area (Å²) in [5.41, 5.74) is 2.74. The number of aliphatic hydroxyl groups excluding tert-OH is 1. The first-order chi connectivity index (χ1) is 9.58. The summed E-state index contributed by atoms with van der Waals surface area (Å²) in [6.07, 6.45) is 0.0193. The molecule has 0 aliphatic rings. The second-order valence-corrected chi connectivity index (χ2v) is 5.87. The van der Waals surface area contributed by atoms with Crippen molar-refractivity contribution < 1.29 is 9.90 Å². The van der Waals surface area contributed by atoms with Crippen molar-refractivity contribution in [3.8, 4) is 0 Å². The molecule has 0 unspecified atom stereocenters. The third-order valence-corrected chi connectivity index (χ3v) is 4.19. The molecule has 1 atom stereocenters. The Morgan fingerprint density at radius 3 is 2.85 bits per heavy atom. The fourth-order valence-corrected chi connectivity index (χ4v) is 2.77. The smallest absolute Gasteiger partial charge is 0.251 e. The molecule has 2 N–H and O–H groups in total. The number of amides is 1. The van der Waals surface area contributed by atoms with Gasteiger partial charge >= 0.3 is 0 Å². The maximum atomic E-state index is 12.1. The van der Waals surface area contributed by atoms with Crippen LogP contribution in [0.15, 0.2) is 35.7 Å². The minimum Gasteiger partial charge on any atom is -0.388 e. The van der Waals surface area contributed by atoms with Crippen molar-refractivity contribution in [2.45, 2.75) is 26.4 Å². The standard InChI is InChI=1S/C16H19NO2S/c1-11-5-6-12(2)13(10-11)16(19)17-8-7-14(18)15-4-3-9-20-15/h3-6,9-10,14,18H,7-8H2,1-2H3,(H,17,19)/t14-/m1/s1. The largest absolute Gasteiger partial charge is 0.388 e. The zero-order valence-corrected chi connectivity index (χ0v) is 12.5. The van der Waals surface area contributed by atoms with E-state index in [1.54, 1.807) is 0 Å². The number of thiophene rings is 1. The Labute approximate surface area is 123 Å². The van der Waals surface area contributed by atoms with Gasteiger partial charge in [-0.05, 0) is 43.3 Å². The van der Waals surface area contributed by atoms with Crippen molar-refractivity contribution in [1.82, 2.24) is 5.32 Å². The summed E-state index contributed by atoms with van der Waals surface area (Å²) in [5, 5.41) is 14.8. The van der Waals surface area contributed by atoms with Crippen LogP contribution in [0.2, 0.25) is 0 Å². The molecule has 0 bridgehead atoms. The second kappa shape index (κ2) is 6.68. The molecule has 1 amide bonds. The number of carbonyl (C=O) groups is 1. The van der Waals surface area contributed by atoms with Crippen molar-refractivity contribution >= 4 is 17.2 Å². The number of carbonyl (C=O) groups excluding carboxylic acids is 1. The number of hydrogen-bond acceptors (Lipinski definition) is 3. The molecule has 0 fully saturated rings. The molecule has 1 aromatic carbocycles. The quantitative estimate of drug-likeness (QED) is 0.888. The van der Waals surface area contributed by atoms with Crippen molar-refractivity contribution in [3.05, 3.63) is 57.3 Å². The summed E-state index contributed by atoms with van der Waals surface area (Å²) in [6.45, 7) is 4.36. The molecule has 0 saturated carbocycles. The van der Waals surface area contributed by atoms with Crippen LogP contribution in [0, 0.1) is 13.8 Å². The third kappa shape index (κ3) is 3.68. The van der Waals surface area contributed by atoms with Crippen LogP contribution in [0.4, 0.5) is 0 Å². The van der Waals surface area contributed by atoms with Gasteiger partial charge in [-0.3, -0.25) is 4.79 Å². The molecule has 0 spiro atoms. The SMILES string of the molecule is Cc1ccc(C)c(C(=O)NCC[C@@H](O)c2cccs2)c1. The van der Waals surface area contributed by atoms with E-state index in [1.807, 2.05) is 49.6 Å². The van der Waals surface area contributed by atoms with Crippen molar-refractivity contribution in [1.29, 1.82) is 0 Å². The highest BCUT2D eigenvalue weighted by Crippen LogP contribution is 2.21. The Morgan fingerprint density at radius 1 is 1.35 bits per heavy atom. The Bertz CT molecular complexity index is 578. The lowest BCUT2D eigenvalue weighted by Gasteiger charge is -2.11. The number of aryl methyl sites for hydroxylation is 2. The minimum absolute atomic E-state index is 0.0791. The fourth-order valence-electron chi connectivity index (χ4n) is 2.02. The first-order valence-electron chi connectivity index (χ1n) is 6.65. The maximum Gasteiger partial charge on any atom is 0.251 e. The van der Waals surface area contributed by atoms with Crippen LogP contribution in [0.3, 0.4) is 0 Å². The van der Waals surface area contributed by atoms with E-state index >= 15 is 0 Å². The lowest BCUT2D eigenvalue weighted by Crippen LogP contribution is -2.26. The van der Waals surface area contributed by atoms with Crippen LogP contribution in [0.25, 0.3) is 0 Å². The molecule has 0 aliphatic heterocycles. The average Bonchev–Trinajstić information content (AvgIpc) is 2.95. The van der Waals surface area contributed by atoms with E-state index in [0.717, 1.165) is 16.0 Å². The monoisotopic (exact) mass is 289 g/mol. The van der Waals surface area contributed by atoms with Gasteiger partial charge in [0.15, 0.2) is 0 Å².